The molecule has 88 valence electrons. The summed E-state index contributed by atoms with van der Waals surface area (Å²) in [6.07, 6.45) is 7.06. The zero-order chi connectivity index (χ0) is 10.7. The van der Waals surface area contributed by atoms with Crippen LogP contribution >= 0.6 is 0 Å². The highest BCUT2D eigenvalue weighted by molar-refractivity contribution is 4.87. The summed E-state index contributed by atoms with van der Waals surface area (Å²) >= 11 is 0. The van der Waals surface area contributed by atoms with Gasteiger partial charge in [-0.05, 0) is 64.1 Å². The fraction of sp³-hybridized carbons (Fsp3) is 1.00. The van der Waals surface area contributed by atoms with Crippen molar-refractivity contribution in [1.29, 1.82) is 0 Å². The van der Waals surface area contributed by atoms with E-state index in [1.165, 1.54) is 51.7 Å². The second-order valence-electron chi connectivity index (χ2n) is 5.45. The Kier molecular flexibility index (Phi) is 4.04. The zero-order valence-electron chi connectivity index (χ0n) is 10.3. The number of hydrogen-bond acceptors (Lipinski definition) is 2. The average Bonchev–Trinajstić information content (AvgIpc) is 3.04. The minimum absolute atomic E-state index is 0.875. The first-order chi connectivity index (χ1) is 7.31. The molecule has 0 aromatic heterocycles. The standard InChI is InChI=1S/C13H26N2/c1-3-13(12-4-5-12)15(2)10-11-6-8-14-9-7-11/h11-14H,3-10H2,1-2H3. The van der Waals surface area contributed by atoms with Crippen molar-refractivity contribution in [3.8, 4) is 0 Å². The van der Waals surface area contributed by atoms with Crippen LogP contribution in [-0.4, -0.2) is 37.6 Å². The molecule has 2 nitrogen and oxygen atoms in total. The third kappa shape index (κ3) is 3.18. The van der Waals surface area contributed by atoms with Crippen LogP contribution in [0.15, 0.2) is 0 Å². The molecule has 1 aliphatic heterocycles. The molecule has 0 aromatic rings. The SMILES string of the molecule is CCC(C1CC1)N(C)CC1CCNCC1. The molecule has 1 aliphatic carbocycles. The van der Waals surface area contributed by atoms with Crippen LogP contribution in [0, 0.1) is 11.8 Å². The summed E-state index contributed by atoms with van der Waals surface area (Å²) in [6.45, 7) is 6.15. The van der Waals surface area contributed by atoms with Crippen LogP contribution < -0.4 is 5.32 Å². The van der Waals surface area contributed by atoms with Crippen LogP contribution in [0.25, 0.3) is 0 Å². The molecule has 15 heavy (non-hydrogen) atoms. The number of nitrogens with zero attached hydrogens (tertiary/aromatic N) is 1. The Morgan fingerprint density at radius 3 is 2.40 bits per heavy atom. The molecule has 1 atom stereocenters. The van der Waals surface area contributed by atoms with Crippen molar-refractivity contribution in [2.75, 3.05) is 26.7 Å². The minimum Gasteiger partial charge on any atom is -0.317 e. The molecule has 0 bridgehead atoms. The Hall–Kier alpha value is -0.0800. The van der Waals surface area contributed by atoms with Gasteiger partial charge in [-0.2, -0.15) is 0 Å². The zero-order valence-corrected chi connectivity index (χ0v) is 10.3. The first-order valence-electron chi connectivity index (χ1n) is 6.72. The lowest BCUT2D eigenvalue weighted by Gasteiger charge is -2.32. The van der Waals surface area contributed by atoms with Gasteiger partial charge in [-0.1, -0.05) is 6.92 Å². The van der Waals surface area contributed by atoms with E-state index in [-0.39, 0.29) is 0 Å². The molecular formula is C13H26N2. The summed E-state index contributed by atoms with van der Waals surface area (Å²) in [7, 11) is 2.34. The van der Waals surface area contributed by atoms with Gasteiger partial charge in [-0.25, -0.2) is 0 Å². The monoisotopic (exact) mass is 210 g/mol. The molecule has 2 aliphatic rings. The Bertz CT molecular complexity index is 183. The predicted octanol–water partition coefficient (Wildman–Crippen LogP) is 2.11. The maximum absolute atomic E-state index is 3.45. The lowest BCUT2D eigenvalue weighted by molar-refractivity contribution is 0.166. The second-order valence-corrected chi connectivity index (χ2v) is 5.45. The normalized spacial score (nSPS) is 25.8. The molecule has 1 saturated heterocycles. The summed E-state index contributed by atoms with van der Waals surface area (Å²) in [4.78, 5) is 2.65. The molecule has 0 radical (unpaired) electrons. The lowest BCUT2D eigenvalue weighted by Crippen LogP contribution is -2.40. The Balaban J connectivity index is 1.75. The summed E-state index contributed by atoms with van der Waals surface area (Å²) in [5.74, 6) is 1.98. The van der Waals surface area contributed by atoms with E-state index in [2.05, 4.69) is 24.2 Å². The van der Waals surface area contributed by atoms with E-state index in [0.29, 0.717) is 0 Å². The molecular weight excluding hydrogens is 184 g/mol. The summed E-state index contributed by atoms with van der Waals surface area (Å²) in [5.41, 5.74) is 0. The summed E-state index contributed by atoms with van der Waals surface area (Å²) < 4.78 is 0. The number of hydrogen-bond donors (Lipinski definition) is 1. The Labute approximate surface area is 94.4 Å². The highest BCUT2D eigenvalue weighted by Gasteiger charge is 2.33. The molecule has 0 spiro atoms. The maximum Gasteiger partial charge on any atom is 0.0118 e. The van der Waals surface area contributed by atoms with Crippen LogP contribution in [0.2, 0.25) is 0 Å². The average molecular weight is 210 g/mol. The van der Waals surface area contributed by atoms with Gasteiger partial charge in [0.2, 0.25) is 0 Å². The van der Waals surface area contributed by atoms with Crippen LogP contribution in [0.3, 0.4) is 0 Å². The minimum atomic E-state index is 0.875. The van der Waals surface area contributed by atoms with E-state index >= 15 is 0 Å². The van der Waals surface area contributed by atoms with E-state index in [4.69, 9.17) is 0 Å². The molecule has 0 amide bonds. The van der Waals surface area contributed by atoms with E-state index in [9.17, 15) is 0 Å². The topological polar surface area (TPSA) is 15.3 Å². The smallest absolute Gasteiger partial charge is 0.0118 e. The number of rotatable bonds is 5. The van der Waals surface area contributed by atoms with Gasteiger partial charge >= 0.3 is 0 Å². The third-order valence-corrected chi connectivity index (χ3v) is 4.16. The molecule has 2 rings (SSSR count). The van der Waals surface area contributed by atoms with Crippen molar-refractivity contribution < 1.29 is 0 Å². The fourth-order valence-electron chi connectivity index (χ4n) is 3.09. The Morgan fingerprint density at radius 2 is 1.87 bits per heavy atom. The number of nitrogens with one attached hydrogen (secondary N) is 1. The molecule has 2 fully saturated rings. The van der Waals surface area contributed by atoms with Gasteiger partial charge in [0, 0.05) is 12.6 Å². The molecule has 1 unspecified atom stereocenters. The van der Waals surface area contributed by atoms with Crippen LogP contribution in [0.4, 0.5) is 0 Å². The van der Waals surface area contributed by atoms with Gasteiger partial charge < -0.3 is 10.2 Å². The molecule has 0 aromatic carbocycles. The highest BCUT2D eigenvalue weighted by Crippen LogP contribution is 2.36. The Morgan fingerprint density at radius 1 is 1.20 bits per heavy atom. The van der Waals surface area contributed by atoms with E-state index in [1.54, 1.807) is 0 Å². The fourth-order valence-corrected chi connectivity index (χ4v) is 3.09. The summed E-state index contributed by atoms with van der Waals surface area (Å²) in [6, 6.07) is 0.875. The molecule has 2 heteroatoms. The maximum atomic E-state index is 3.45. The van der Waals surface area contributed by atoms with Gasteiger partial charge in [0.05, 0.1) is 0 Å². The van der Waals surface area contributed by atoms with Gasteiger partial charge in [0.1, 0.15) is 0 Å². The van der Waals surface area contributed by atoms with Crippen molar-refractivity contribution in [3.63, 3.8) is 0 Å². The van der Waals surface area contributed by atoms with Gasteiger partial charge in [0.15, 0.2) is 0 Å². The van der Waals surface area contributed by atoms with Crippen LogP contribution in [0.5, 0.6) is 0 Å². The van der Waals surface area contributed by atoms with Gasteiger partial charge in [0.25, 0.3) is 0 Å². The first kappa shape index (κ1) is 11.4. The largest absolute Gasteiger partial charge is 0.317 e. The highest BCUT2D eigenvalue weighted by atomic mass is 15.1. The van der Waals surface area contributed by atoms with Crippen LogP contribution in [0.1, 0.15) is 39.0 Å². The number of piperidine rings is 1. The van der Waals surface area contributed by atoms with Crippen molar-refractivity contribution in [3.05, 3.63) is 0 Å². The van der Waals surface area contributed by atoms with Crippen molar-refractivity contribution >= 4 is 0 Å². The molecule has 1 saturated carbocycles. The first-order valence-corrected chi connectivity index (χ1v) is 6.72. The predicted molar refractivity (Wildman–Crippen MR) is 65.0 cm³/mol. The second kappa shape index (κ2) is 5.31. The molecule has 1 heterocycles. The van der Waals surface area contributed by atoms with Gasteiger partial charge in [-0.3, -0.25) is 0 Å². The van der Waals surface area contributed by atoms with Crippen molar-refractivity contribution in [1.82, 2.24) is 10.2 Å². The van der Waals surface area contributed by atoms with E-state index < -0.39 is 0 Å². The lowest BCUT2D eigenvalue weighted by atomic mass is 9.96. The van der Waals surface area contributed by atoms with Crippen LogP contribution in [-0.2, 0) is 0 Å². The molecule has 1 N–H and O–H groups in total. The summed E-state index contributed by atoms with van der Waals surface area (Å²) in [5, 5.41) is 3.45. The van der Waals surface area contributed by atoms with Crippen molar-refractivity contribution in [2.45, 2.75) is 45.1 Å². The van der Waals surface area contributed by atoms with E-state index in [1.807, 2.05) is 0 Å². The van der Waals surface area contributed by atoms with Gasteiger partial charge in [-0.15, -0.1) is 0 Å². The quantitative estimate of drug-likeness (QED) is 0.747. The third-order valence-electron chi connectivity index (χ3n) is 4.16. The van der Waals surface area contributed by atoms with Crippen molar-refractivity contribution in [2.24, 2.45) is 11.8 Å². The van der Waals surface area contributed by atoms with E-state index in [0.717, 1.165) is 17.9 Å².